The summed E-state index contributed by atoms with van der Waals surface area (Å²) in [4.78, 5) is 8.72. The number of nitrogens with one attached hydrogen (secondary N) is 1. The van der Waals surface area contributed by atoms with Gasteiger partial charge in [0.05, 0.1) is 60.4 Å². The lowest BCUT2D eigenvalue weighted by atomic mass is 9.74. The minimum atomic E-state index is -3.12. The fraction of sp³-hybridized carbons (Fsp3) is 0.393. The van der Waals surface area contributed by atoms with E-state index in [0.717, 1.165) is 24.1 Å². The van der Waals surface area contributed by atoms with E-state index in [0.29, 0.717) is 23.6 Å². The van der Waals surface area contributed by atoms with E-state index in [9.17, 15) is 17.2 Å². The molecule has 1 fully saturated rings. The van der Waals surface area contributed by atoms with E-state index < -0.39 is 21.5 Å². The zero-order valence-electron chi connectivity index (χ0n) is 22.9. The molecule has 10 nitrogen and oxygen atoms in total. The maximum Gasteiger partial charge on any atom is 0.229 e. The van der Waals surface area contributed by atoms with Crippen molar-refractivity contribution in [3.05, 3.63) is 66.1 Å². The molecular formula is C28H32F2N6O4S. The van der Waals surface area contributed by atoms with Gasteiger partial charge in [-0.2, -0.15) is 9.61 Å². The molecule has 41 heavy (non-hydrogen) atoms. The Morgan fingerprint density at radius 1 is 1.15 bits per heavy atom. The molecule has 3 N–H and O–H groups in total. The van der Waals surface area contributed by atoms with Crippen LogP contribution in [0.4, 0.5) is 20.4 Å². The maximum atomic E-state index is 14.8. The molecule has 218 valence electrons. The number of nitrogens with two attached hydrogens (primary N) is 1. The van der Waals surface area contributed by atoms with E-state index in [4.69, 9.17) is 15.2 Å². The van der Waals surface area contributed by atoms with Gasteiger partial charge in [0.1, 0.15) is 27.2 Å². The van der Waals surface area contributed by atoms with Crippen LogP contribution in [0.3, 0.4) is 0 Å². The normalized spacial score (nSPS) is 21.2. The first-order valence-corrected chi connectivity index (χ1v) is 15.2. The first-order valence-electron chi connectivity index (χ1n) is 13.2. The lowest BCUT2D eigenvalue weighted by Gasteiger charge is -2.39. The van der Waals surface area contributed by atoms with Crippen molar-refractivity contribution in [2.45, 2.75) is 37.8 Å². The third-order valence-electron chi connectivity index (χ3n) is 7.39. The van der Waals surface area contributed by atoms with Crippen LogP contribution in [0.5, 0.6) is 5.75 Å². The summed E-state index contributed by atoms with van der Waals surface area (Å²) in [6.45, 7) is 2.16. The van der Waals surface area contributed by atoms with Crippen molar-refractivity contribution in [3.63, 3.8) is 0 Å². The highest BCUT2D eigenvalue weighted by Crippen LogP contribution is 2.40. The zero-order valence-corrected chi connectivity index (χ0v) is 23.7. The molecule has 5 rings (SSSR count). The Bertz CT molecular complexity index is 1630. The summed E-state index contributed by atoms with van der Waals surface area (Å²) in [5, 5.41) is 7.76. The Morgan fingerprint density at radius 2 is 1.90 bits per heavy atom. The summed E-state index contributed by atoms with van der Waals surface area (Å²) < 4.78 is 64.9. The second-order valence-corrected chi connectivity index (χ2v) is 12.7. The van der Waals surface area contributed by atoms with E-state index in [1.165, 1.54) is 23.9 Å². The summed E-state index contributed by atoms with van der Waals surface area (Å²) in [7, 11) is -1.78. The first kappa shape index (κ1) is 28.8. The van der Waals surface area contributed by atoms with Gasteiger partial charge in [0.25, 0.3) is 0 Å². The molecule has 4 atom stereocenters. The van der Waals surface area contributed by atoms with Crippen LogP contribution in [0.25, 0.3) is 16.8 Å². The van der Waals surface area contributed by atoms with E-state index in [-0.39, 0.29) is 53.3 Å². The summed E-state index contributed by atoms with van der Waals surface area (Å²) >= 11 is 0. The number of pyridine rings is 1. The topological polar surface area (TPSA) is 134 Å². The lowest BCUT2D eigenvalue weighted by molar-refractivity contribution is -0.0152. The number of anilines is 2. The molecular weight excluding hydrogens is 554 g/mol. The number of halogens is 2. The molecule has 0 spiro atoms. The second-order valence-electron chi connectivity index (χ2n) is 10.5. The van der Waals surface area contributed by atoms with E-state index in [2.05, 4.69) is 27.3 Å². The van der Waals surface area contributed by atoms with Gasteiger partial charge in [0.2, 0.25) is 5.95 Å². The predicted octanol–water partition coefficient (Wildman–Crippen LogP) is 4.09. The quantitative estimate of drug-likeness (QED) is 0.297. The molecule has 1 saturated carbocycles. The number of nitrogens with zero attached hydrogens (tertiary/aromatic N) is 4. The number of imidazole rings is 1. The molecule has 0 saturated heterocycles. The Labute approximate surface area is 236 Å². The van der Waals surface area contributed by atoms with Crippen LogP contribution in [0.15, 0.2) is 48.9 Å². The average Bonchev–Trinajstić information content (AvgIpc) is 3.31. The van der Waals surface area contributed by atoms with Crippen molar-refractivity contribution < 1.29 is 26.7 Å². The van der Waals surface area contributed by atoms with Crippen LogP contribution in [-0.2, 0) is 14.6 Å². The fourth-order valence-corrected chi connectivity index (χ4v) is 5.84. The van der Waals surface area contributed by atoms with Gasteiger partial charge < -0.3 is 20.5 Å². The molecule has 0 unspecified atom stereocenters. The monoisotopic (exact) mass is 586 g/mol. The van der Waals surface area contributed by atoms with Crippen LogP contribution in [0.2, 0.25) is 0 Å². The molecule has 0 amide bonds. The third-order valence-corrected chi connectivity index (χ3v) is 8.30. The Hall–Kier alpha value is -3.68. The molecule has 3 heterocycles. The van der Waals surface area contributed by atoms with Crippen LogP contribution in [0.1, 0.15) is 31.2 Å². The van der Waals surface area contributed by atoms with Gasteiger partial charge >= 0.3 is 0 Å². The van der Waals surface area contributed by atoms with Crippen molar-refractivity contribution in [1.82, 2.24) is 19.6 Å². The molecule has 3 aromatic heterocycles. The van der Waals surface area contributed by atoms with Gasteiger partial charge in [-0.1, -0.05) is 6.92 Å². The van der Waals surface area contributed by atoms with E-state index >= 15 is 0 Å². The largest absolute Gasteiger partial charge is 0.497 e. The van der Waals surface area contributed by atoms with Crippen molar-refractivity contribution >= 4 is 27.0 Å². The van der Waals surface area contributed by atoms with Crippen LogP contribution in [0, 0.1) is 17.6 Å². The van der Waals surface area contributed by atoms with Crippen molar-refractivity contribution in [3.8, 4) is 17.0 Å². The summed E-state index contributed by atoms with van der Waals surface area (Å²) in [6, 6.07) is 7.07. The highest BCUT2D eigenvalue weighted by atomic mass is 32.2. The average molecular weight is 587 g/mol. The molecule has 0 radical (unpaired) electrons. The van der Waals surface area contributed by atoms with Crippen molar-refractivity contribution in [1.29, 1.82) is 0 Å². The maximum absolute atomic E-state index is 14.8. The highest BCUT2D eigenvalue weighted by molar-refractivity contribution is 7.90. The zero-order chi connectivity index (χ0) is 29.3. The van der Waals surface area contributed by atoms with Crippen LogP contribution < -0.4 is 15.8 Å². The van der Waals surface area contributed by atoms with E-state index in [1.807, 2.05) is 6.07 Å². The second kappa shape index (κ2) is 11.7. The van der Waals surface area contributed by atoms with Gasteiger partial charge in [-0.05, 0) is 48.4 Å². The van der Waals surface area contributed by atoms with Gasteiger partial charge in [-0.3, -0.25) is 4.98 Å². The Balaban J connectivity index is 1.39. The Morgan fingerprint density at radius 3 is 2.59 bits per heavy atom. The van der Waals surface area contributed by atoms with E-state index in [1.54, 1.807) is 24.7 Å². The number of rotatable bonds is 9. The highest BCUT2D eigenvalue weighted by Gasteiger charge is 2.36. The summed E-state index contributed by atoms with van der Waals surface area (Å²) in [6.07, 6.45) is 7.35. The molecule has 0 bridgehead atoms. The fourth-order valence-electron chi connectivity index (χ4n) is 5.44. The van der Waals surface area contributed by atoms with Crippen molar-refractivity contribution in [2.24, 2.45) is 11.7 Å². The standard InChI is InChI=1S/C28H32F2N6O4S/c1-16-10-17(11-23(31)27(16)40-8-9-41(3,37)38)20-6-7-32-15-25(20)34-28-33-14-18-4-5-24(35-36(18)28)26-21(29)12-19(39-2)13-22(26)30/h4-7,12-17,23,27H,8-11,31H2,1-3H3,(H,33,34)/t16-,17+,23+,27-/m0/s1. The van der Waals surface area contributed by atoms with Gasteiger partial charge in [-0.15, -0.1) is 0 Å². The predicted molar refractivity (Wildman–Crippen MR) is 151 cm³/mol. The minimum absolute atomic E-state index is 0.0451. The number of sulfone groups is 1. The SMILES string of the molecule is COc1cc(F)c(-c2ccc3cnc(Nc4cnccc4[C@H]4C[C@@H](N)[C@@H](OCCS(C)(=O)=O)[C@@H](C)C4)n3n2)c(F)c1. The minimum Gasteiger partial charge on any atom is -0.497 e. The molecule has 13 heteroatoms. The number of ether oxygens (including phenoxy) is 2. The summed E-state index contributed by atoms with van der Waals surface area (Å²) in [5.74, 6) is -1.04. The van der Waals surface area contributed by atoms with Crippen LogP contribution >= 0.6 is 0 Å². The third kappa shape index (κ3) is 6.31. The van der Waals surface area contributed by atoms with Gasteiger partial charge in [0, 0.05) is 30.6 Å². The number of hydrogen-bond acceptors (Lipinski definition) is 9. The Kier molecular flexibility index (Phi) is 8.20. The summed E-state index contributed by atoms with van der Waals surface area (Å²) in [5.41, 5.74) is 8.65. The first-order chi connectivity index (χ1) is 19.5. The number of methoxy groups -OCH3 is 1. The lowest BCUT2D eigenvalue weighted by Crippen LogP contribution is -2.47. The number of hydrogen-bond donors (Lipinski definition) is 2. The van der Waals surface area contributed by atoms with Crippen molar-refractivity contribution in [2.75, 3.05) is 31.0 Å². The van der Waals surface area contributed by atoms with Gasteiger partial charge in [-0.25, -0.2) is 22.2 Å². The number of fused-ring (bicyclic) bond motifs is 1. The molecule has 4 aromatic rings. The molecule has 1 aliphatic carbocycles. The smallest absolute Gasteiger partial charge is 0.229 e. The van der Waals surface area contributed by atoms with Gasteiger partial charge in [0.15, 0.2) is 0 Å². The molecule has 0 aliphatic heterocycles. The number of benzene rings is 1. The molecule has 1 aliphatic rings. The molecule has 1 aromatic carbocycles. The van der Waals surface area contributed by atoms with Crippen LogP contribution in [-0.4, -0.2) is 65.9 Å². The number of aromatic nitrogens is 4.